The molecule has 1 unspecified atom stereocenters. The lowest BCUT2D eigenvalue weighted by atomic mass is 10.1. The number of benzene rings is 1. The summed E-state index contributed by atoms with van der Waals surface area (Å²) in [7, 11) is 0. The number of aldehydes is 1. The Balaban J connectivity index is 2.74. The van der Waals surface area contributed by atoms with E-state index in [0.29, 0.717) is 12.0 Å². The molecule has 0 fully saturated rings. The minimum Gasteiger partial charge on any atom is -0.399 e. The van der Waals surface area contributed by atoms with Crippen LogP contribution in [0.5, 0.6) is 0 Å². The van der Waals surface area contributed by atoms with Gasteiger partial charge in [-0.3, -0.25) is 0 Å². The second kappa shape index (κ2) is 3.88. The fourth-order valence-electron chi connectivity index (χ4n) is 0.945. The van der Waals surface area contributed by atoms with E-state index < -0.39 is 6.10 Å². The summed E-state index contributed by atoms with van der Waals surface area (Å²) in [6.45, 7) is 0. The normalized spacial score (nSPS) is 12.4. The lowest BCUT2D eigenvalue weighted by molar-refractivity contribution is -0.109. The van der Waals surface area contributed by atoms with Crippen LogP contribution in [0.1, 0.15) is 18.1 Å². The molecule has 0 aliphatic carbocycles. The van der Waals surface area contributed by atoms with Crippen LogP contribution in [0.25, 0.3) is 0 Å². The van der Waals surface area contributed by atoms with Gasteiger partial charge in [-0.05, 0) is 17.7 Å². The van der Waals surface area contributed by atoms with E-state index in [4.69, 9.17) is 5.73 Å². The van der Waals surface area contributed by atoms with Gasteiger partial charge in [0.15, 0.2) is 0 Å². The summed E-state index contributed by atoms with van der Waals surface area (Å²) in [5.74, 6) is 0. The van der Waals surface area contributed by atoms with Crippen molar-refractivity contribution in [1.29, 1.82) is 0 Å². The molecule has 3 N–H and O–H groups in total. The van der Waals surface area contributed by atoms with Crippen molar-refractivity contribution in [2.75, 3.05) is 5.73 Å². The molecule has 64 valence electrons. The molecule has 0 saturated carbocycles. The number of aliphatic hydroxyl groups is 1. The lowest BCUT2D eigenvalue weighted by Gasteiger charge is -2.06. The van der Waals surface area contributed by atoms with E-state index >= 15 is 0 Å². The van der Waals surface area contributed by atoms with E-state index in [1.54, 1.807) is 24.3 Å². The summed E-state index contributed by atoms with van der Waals surface area (Å²) < 4.78 is 0. The van der Waals surface area contributed by atoms with Crippen LogP contribution >= 0.6 is 0 Å². The minimum atomic E-state index is -0.705. The molecule has 1 rings (SSSR count). The van der Waals surface area contributed by atoms with E-state index in [-0.39, 0.29) is 6.42 Å². The van der Waals surface area contributed by atoms with Gasteiger partial charge in [0, 0.05) is 12.1 Å². The third-order valence-electron chi connectivity index (χ3n) is 1.64. The van der Waals surface area contributed by atoms with Crippen LogP contribution in [0.4, 0.5) is 5.69 Å². The number of carbonyl (C=O) groups excluding carboxylic acids is 1. The fourth-order valence-corrected chi connectivity index (χ4v) is 0.945. The van der Waals surface area contributed by atoms with Crippen LogP contribution in [0, 0.1) is 0 Å². The van der Waals surface area contributed by atoms with Crippen molar-refractivity contribution in [3.05, 3.63) is 29.8 Å². The molecule has 0 bridgehead atoms. The first-order chi connectivity index (χ1) is 5.74. The first-order valence-corrected chi connectivity index (χ1v) is 3.71. The number of anilines is 1. The molecule has 1 aromatic carbocycles. The summed E-state index contributed by atoms with van der Waals surface area (Å²) in [4.78, 5) is 10.1. The molecular formula is C9H11NO2. The molecule has 3 heteroatoms. The van der Waals surface area contributed by atoms with Crippen LogP contribution in [0.2, 0.25) is 0 Å². The highest BCUT2D eigenvalue weighted by Gasteiger charge is 2.04. The van der Waals surface area contributed by atoms with Crippen LogP contribution < -0.4 is 5.73 Å². The maximum absolute atomic E-state index is 10.1. The molecule has 1 atom stereocenters. The van der Waals surface area contributed by atoms with Gasteiger partial charge in [-0.25, -0.2) is 0 Å². The Morgan fingerprint density at radius 2 is 2.00 bits per heavy atom. The first-order valence-electron chi connectivity index (χ1n) is 3.71. The summed E-state index contributed by atoms with van der Waals surface area (Å²) in [5.41, 5.74) is 6.82. The second-order valence-corrected chi connectivity index (χ2v) is 2.58. The van der Waals surface area contributed by atoms with E-state index in [0.717, 1.165) is 5.56 Å². The number of carbonyl (C=O) groups is 1. The summed E-state index contributed by atoms with van der Waals surface area (Å²) in [5, 5.41) is 9.34. The average Bonchev–Trinajstić information content (AvgIpc) is 2.06. The predicted octanol–water partition coefficient (Wildman–Crippen LogP) is 0.891. The van der Waals surface area contributed by atoms with Gasteiger partial charge < -0.3 is 15.6 Å². The molecule has 12 heavy (non-hydrogen) atoms. The largest absolute Gasteiger partial charge is 0.399 e. The van der Waals surface area contributed by atoms with Crippen molar-refractivity contribution in [3.8, 4) is 0 Å². The minimum absolute atomic E-state index is 0.129. The van der Waals surface area contributed by atoms with E-state index in [2.05, 4.69) is 0 Å². The molecule has 0 aliphatic rings. The fraction of sp³-hybridized carbons (Fsp3) is 0.222. The third-order valence-corrected chi connectivity index (χ3v) is 1.64. The zero-order valence-electron chi connectivity index (χ0n) is 6.60. The van der Waals surface area contributed by atoms with E-state index in [9.17, 15) is 9.90 Å². The molecule has 0 aliphatic heterocycles. The second-order valence-electron chi connectivity index (χ2n) is 2.58. The Kier molecular flexibility index (Phi) is 2.82. The Morgan fingerprint density at radius 1 is 1.42 bits per heavy atom. The third kappa shape index (κ3) is 2.07. The van der Waals surface area contributed by atoms with Crippen LogP contribution in [-0.4, -0.2) is 11.4 Å². The van der Waals surface area contributed by atoms with Gasteiger partial charge in [0.25, 0.3) is 0 Å². The molecule has 1 aromatic rings. The van der Waals surface area contributed by atoms with Gasteiger partial charge in [0.05, 0.1) is 6.10 Å². The monoisotopic (exact) mass is 165 g/mol. The molecule has 3 nitrogen and oxygen atoms in total. The summed E-state index contributed by atoms with van der Waals surface area (Å²) >= 11 is 0. The Hall–Kier alpha value is -1.35. The van der Waals surface area contributed by atoms with Gasteiger partial charge in [-0.2, -0.15) is 0 Å². The summed E-state index contributed by atoms with van der Waals surface area (Å²) in [6, 6.07) is 6.82. The Bertz CT molecular complexity index is 256. The van der Waals surface area contributed by atoms with E-state index in [1.165, 1.54) is 0 Å². The number of hydrogen-bond donors (Lipinski definition) is 2. The van der Waals surface area contributed by atoms with Crippen LogP contribution in [-0.2, 0) is 4.79 Å². The maximum atomic E-state index is 10.1. The van der Waals surface area contributed by atoms with Crippen molar-refractivity contribution >= 4 is 12.0 Å². The van der Waals surface area contributed by atoms with Gasteiger partial charge >= 0.3 is 0 Å². The highest BCUT2D eigenvalue weighted by molar-refractivity contribution is 5.51. The molecule has 0 heterocycles. The highest BCUT2D eigenvalue weighted by Crippen LogP contribution is 2.16. The molecule has 0 radical (unpaired) electrons. The topological polar surface area (TPSA) is 63.3 Å². The molecular weight excluding hydrogens is 154 g/mol. The van der Waals surface area contributed by atoms with Crippen molar-refractivity contribution in [2.45, 2.75) is 12.5 Å². The number of hydrogen-bond acceptors (Lipinski definition) is 3. The van der Waals surface area contributed by atoms with Gasteiger partial charge in [-0.1, -0.05) is 12.1 Å². The summed E-state index contributed by atoms with van der Waals surface area (Å²) in [6.07, 6.45) is 0.119. The molecule has 0 aromatic heterocycles. The van der Waals surface area contributed by atoms with Crippen molar-refractivity contribution < 1.29 is 9.90 Å². The molecule has 0 saturated heterocycles. The number of aliphatic hydroxyl groups excluding tert-OH is 1. The van der Waals surface area contributed by atoms with Gasteiger partial charge in [0.1, 0.15) is 6.29 Å². The average molecular weight is 165 g/mol. The highest BCUT2D eigenvalue weighted by atomic mass is 16.3. The number of nitrogens with two attached hydrogens (primary N) is 1. The van der Waals surface area contributed by atoms with Crippen LogP contribution in [0.15, 0.2) is 24.3 Å². The quantitative estimate of drug-likeness (QED) is 0.516. The van der Waals surface area contributed by atoms with Crippen molar-refractivity contribution in [1.82, 2.24) is 0 Å². The Labute approximate surface area is 70.8 Å². The molecule has 0 amide bonds. The Morgan fingerprint density at radius 3 is 2.50 bits per heavy atom. The van der Waals surface area contributed by atoms with E-state index in [1.807, 2.05) is 0 Å². The number of rotatable bonds is 3. The standard InChI is InChI=1S/C9H11NO2/c10-8-3-1-7(2-4-8)9(12)5-6-11/h1-4,6,9,12H,5,10H2. The SMILES string of the molecule is Nc1ccc(C(O)CC=O)cc1. The van der Waals surface area contributed by atoms with Crippen molar-refractivity contribution in [3.63, 3.8) is 0 Å². The molecule has 0 spiro atoms. The van der Waals surface area contributed by atoms with Gasteiger partial charge in [0.2, 0.25) is 0 Å². The number of nitrogen functional groups attached to an aromatic ring is 1. The van der Waals surface area contributed by atoms with Crippen LogP contribution in [0.3, 0.4) is 0 Å². The smallest absolute Gasteiger partial charge is 0.122 e. The van der Waals surface area contributed by atoms with Crippen molar-refractivity contribution in [2.24, 2.45) is 0 Å². The first kappa shape index (κ1) is 8.74. The zero-order valence-corrected chi connectivity index (χ0v) is 6.60. The van der Waals surface area contributed by atoms with Gasteiger partial charge in [-0.15, -0.1) is 0 Å². The zero-order chi connectivity index (χ0) is 8.97. The predicted molar refractivity (Wildman–Crippen MR) is 46.5 cm³/mol. The maximum Gasteiger partial charge on any atom is 0.122 e. The lowest BCUT2D eigenvalue weighted by Crippen LogP contribution is -1.97.